The van der Waals surface area contributed by atoms with Crippen molar-refractivity contribution in [3.63, 3.8) is 0 Å². The highest BCUT2D eigenvalue weighted by molar-refractivity contribution is 7.12. The molecule has 1 fully saturated rings. The van der Waals surface area contributed by atoms with E-state index in [9.17, 15) is 4.79 Å². The van der Waals surface area contributed by atoms with Crippen molar-refractivity contribution in [1.29, 1.82) is 0 Å². The predicted molar refractivity (Wildman–Crippen MR) is 95.6 cm³/mol. The summed E-state index contributed by atoms with van der Waals surface area (Å²) in [7, 11) is 1.72. The number of benzene rings is 1. The maximum atomic E-state index is 12.5. The van der Waals surface area contributed by atoms with Gasteiger partial charge >= 0.3 is 0 Å². The van der Waals surface area contributed by atoms with E-state index in [1.807, 2.05) is 46.7 Å². The molecule has 0 N–H and O–H groups in total. The summed E-state index contributed by atoms with van der Waals surface area (Å²) in [6.45, 7) is 5.07. The number of amides is 1. The summed E-state index contributed by atoms with van der Waals surface area (Å²) in [6, 6.07) is 11.9. The standard InChI is InChI=1S/C19H23NO3S/c1-19(8-9-22-2)13-20(14-19)18(21)17-10-16(12-24-17)23-11-15-6-4-3-5-7-15/h3-7,10,12H,8-9,11,13-14H2,1-2H3. The number of hydrogen-bond acceptors (Lipinski definition) is 4. The van der Waals surface area contributed by atoms with E-state index in [0.29, 0.717) is 6.61 Å². The molecule has 0 spiro atoms. The van der Waals surface area contributed by atoms with Gasteiger partial charge in [0.15, 0.2) is 0 Å². The summed E-state index contributed by atoms with van der Waals surface area (Å²) in [4.78, 5) is 15.2. The average molecular weight is 345 g/mol. The topological polar surface area (TPSA) is 38.8 Å². The van der Waals surface area contributed by atoms with Gasteiger partial charge in [-0.1, -0.05) is 37.3 Å². The minimum absolute atomic E-state index is 0.101. The molecule has 128 valence electrons. The molecule has 1 aliphatic rings. The lowest BCUT2D eigenvalue weighted by Gasteiger charge is -2.48. The van der Waals surface area contributed by atoms with Crippen LogP contribution in [-0.4, -0.2) is 37.6 Å². The highest BCUT2D eigenvalue weighted by atomic mass is 32.1. The minimum atomic E-state index is 0.101. The molecule has 0 unspecified atom stereocenters. The summed E-state index contributed by atoms with van der Waals surface area (Å²) < 4.78 is 10.9. The van der Waals surface area contributed by atoms with Gasteiger partial charge in [0.1, 0.15) is 12.4 Å². The molecule has 4 nitrogen and oxygen atoms in total. The Kier molecular flexibility index (Phi) is 5.21. The molecule has 2 heterocycles. The third kappa shape index (κ3) is 3.97. The van der Waals surface area contributed by atoms with Crippen molar-refractivity contribution in [2.24, 2.45) is 5.41 Å². The van der Waals surface area contributed by atoms with Gasteiger partial charge in [-0.2, -0.15) is 0 Å². The molecule has 1 saturated heterocycles. The summed E-state index contributed by atoms with van der Waals surface area (Å²) in [5.74, 6) is 0.860. The molecule has 3 rings (SSSR count). The van der Waals surface area contributed by atoms with Gasteiger partial charge in [0.25, 0.3) is 5.91 Å². The van der Waals surface area contributed by atoms with Crippen molar-refractivity contribution in [3.05, 3.63) is 52.2 Å². The van der Waals surface area contributed by atoms with E-state index in [0.717, 1.165) is 42.3 Å². The second-order valence-electron chi connectivity index (χ2n) is 6.64. The number of carbonyl (C=O) groups excluding carboxylic acids is 1. The van der Waals surface area contributed by atoms with E-state index in [-0.39, 0.29) is 11.3 Å². The molecule has 0 saturated carbocycles. The lowest BCUT2D eigenvalue weighted by molar-refractivity contribution is -0.000594. The second kappa shape index (κ2) is 7.36. The maximum absolute atomic E-state index is 12.5. The monoisotopic (exact) mass is 345 g/mol. The molecule has 5 heteroatoms. The Bertz CT molecular complexity index is 677. The number of nitrogens with zero attached hydrogens (tertiary/aromatic N) is 1. The summed E-state index contributed by atoms with van der Waals surface area (Å²) in [5, 5.41) is 1.90. The first kappa shape index (κ1) is 17.0. The van der Waals surface area contributed by atoms with E-state index in [2.05, 4.69) is 6.92 Å². The van der Waals surface area contributed by atoms with Crippen molar-refractivity contribution in [3.8, 4) is 5.75 Å². The molecule has 24 heavy (non-hydrogen) atoms. The Balaban J connectivity index is 1.51. The van der Waals surface area contributed by atoms with Gasteiger partial charge < -0.3 is 14.4 Å². The van der Waals surface area contributed by atoms with E-state index >= 15 is 0 Å². The SMILES string of the molecule is COCCC1(C)CN(C(=O)c2cc(OCc3ccccc3)cs2)C1. The van der Waals surface area contributed by atoms with Gasteiger partial charge in [-0.05, 0) is 12.0 Å². The molecule has 0 atom stereocenters. The fourth-order valence-corrected chi connectivity index (χ4v) is 3.72. The molecule has 0 radical (unpaired) electrons. The van der Waals surface area contributed by atoms with Crippen LogP contribution in [0.1, 0.15) is 28.6 Å². The highest BCUT2D eigenvalue weighted by Crippen LogP contribution is 2.35. The van der Waals surface area contributed by atoms with E-state index < -0.39 is 0 Å². The van der Waals surface area contributed by atoms with Crippen LogP contribution in [0.25, 0.3) is 0 Å². The van der Waals surface area contributed by atoms with Crippen LogP contribution in [0.5, 0.6) is 5.75 Å². The Morgan fingerprint density at radius 2 is 2.04 bits per heavy atom. The number of carbonyl (C=O) groups is 1. The third-order valence-electron chi connectivity index (χ3n) is 4.38. The average Bonchev–Trinajstić information content (AvgIpc) is 3.05. The van der Waals surface area contributed by atoms with Gasteiger partial charge in [-0.25, -0.2) is 0 Å². The number of hydrogen-bond donors (Lipinski definition) is 0. The van der Waals surface area contributed by atoms with E-state index in [4.69, 9.17) is 9.47 Å². The first-order valence-corrected chi connectivity index (χ1v) is 9.01. The minimum Gasteiger partial charge on any atom is -0.488 e. The van der Waals surface area contributed by atoms with Gasteiger partial charge in [-0.15, -0.1) is 11.3 Å². The number of thiophene rings is 1. The van der Waals surface area contributed by atoms with Crippen LogP contribution in [0.3, 0.4) is 0 Å². The van der Waals surface area contributed by atoms with E-state index in [1.54, 1.807) is 7.11 Å². The molecule has 2 aromatic rings. The first-order valence-electron chi connectivity index (χ1n) is 8.13. The van der Waals surface area contributed by atoms with Crippen molar-refractivity contribution in [2.45, 2.75) is 20.0 Å². The molecule has 0 bridgehead atoms. The molecule has 1 aromatic heterocycles. The van der Waals surface area contributed by atoms with Gasteiger partial charge in [0.2, 0.25) is 0 Å². The number of ether oxygens (including phenoxy) is 2. The quantitative estimate of drug-likeness (QED) is 0.766. The first-order chi connectivity index (χ1) is 11.6. The van der Waals surface area contributed by atoms with Crippen LogP contribution in [0.2, 0.25) is 0 Å². The Morgan fingerprint density at radius 3 is 2.75 bits per heavy atom. The van der Waals surface area contributed by atoms with Crippen LogP contribution in [0.4, 0.5) is 0 Å². The molecule has 1 aliphatic heterocycles. The Hall–Kier alpha value is -1.85. The fraction of sp³-hybridized carbons (Fsp3) is 0.421. The maximum Gasteiger partial charge on any atom is 0.264 e. The molecular weight excluding hydrogens is 322 g/mol. The Morgan fingerprint density at radius 1 is 1.29 bits per heavy atom. The van der Waals surface area contributed by atoms with Gasteiger partial charge in [-0.3, -0.25) is 4.79 Å². The van der Waals surface area contributed by atoms with Crippen molar-refractivity contribution >= 4 is 17.2 Å². The zero-order valence-corrected chi connectivity index (χ0v) is 15.0. The van der Waals surface area contributed by atoms with Crippen LogP contribution < -0.4 is 4.74 Å². The van der Waals surface area contributed by atoms with Crippen molar-refractivity contribution in [1.82, 2.24) is 4.90 Å². The van der Waals surface area contributed by atoms with Crippen LogP contribution in [-0.2, 0) is 11.3 Å². The zero-order chi connectivity index (χ0) is 17.0. The zero-order valence-electron chi connectivity index (χ0n) is 14.2. The molecule has 0 aliphatic carbocycles. The van der Waals surface area contributed by atoms with Crippen LogP contribution in [0, 0.1) is 5.41 Å². The normalized spacial score (nSPS) is 15.8. The largest absolute Gasteiger partial charge is 0.488 e. The lowest BCUT2D eigenvalue weighted by atomic mass is 9.79. The predicted octanol–water partition coefficient (Wildman–Crippen LogP) is 3.83. The molecule has 1 aromatic carbocycles. The Labute approximate surface area is 147 Å². The van der Waals surface area contributed by atoms with Crippen molar-refractivity contribution < 1.29 is 14.3 Å². The highest BCUT2D eigenvalue weighted by Gasteiger charge is 2.41. The van der Waals surface area contributed by atoms with Gasteiger partial charge in [0, 0.05) is 43.7 Å². The summed E-state index contributed by atoms with van der Waals surface area (Å²) in [6.07, 6.45) is 0.989. The summed E-state index contributed by atoms with van der Waals surface area (Å²) in [5.41, 5.74) is 1.31. The molecule has 1 amide bonds. The van der Waals surface area contributed by atoms with Crippen molar-refractivity contribution in [2.75, 3.05) is 26.8 Å². The smallest absolute Gasteiger partial charge is 0.264 e. The van der Waals surface area contributed by atoms with Crippen LogP contribution in [0.15, 0.2) is 41.8 Å². The number of likely N-dealkylation sites (tertiary alicyclic amines) is 1. The lowest BCUT2D eigenvalue weighted by Crippen LogP contribution is -2.57. The number of rotatable bonds is 7. The third-order valence-corrected chi connectivity index (χ3v) is 5.27. The van der Waals surface area contributed by atoms with E-state index in [1.165, 1.54) is 11.3 Å². The second-order valence-corrected chi connectivity index (χ2v) is 7.55. The summed E-state index contributed by atoms with van der Waals surface area (Å²) >= 11 is 1.45. The fourth-order valence-electron chi connectivity index (χ4n) is 2.93. The molecular formula is C19H23NO3S. The van der Waals surface area contributed by atoms with Gasteiger partial charge in [0.05, 0.1) is 4.88 Å². The van der Waals surface area contributed by atoms with Crippen LogP contribution >= 0.6 is 11.3 Å². The number of methoxy groups -OCH3 is 1.